The number of nitrogens with zero attached hydrogens (tertiary/aromatic N) is 3. The molecule has 0 aliphatic rings. The van der Waals surface area contributed by atoms with Gasteiger partial charge in [-0.25, -0.2) is 9.67 Å². The second-order valence-corrected chi connectivity index (χ2v) is 9.33. The van der Waals surface area contributed by atoms with Gasteiger partial charge in [-0.1, -0.05) is 66.7 Å². The Hall–Kier alpha value is -4.81. The maximum atomic E-state index is 12.4. The zero-order valence-electron chi connectivity index (χ0n) is 21.0. The number of H-pyrrole nitrogens is 1. The molecule has 0 fully saturated rings. The quantitative estimate of drug-likeness (QED) is 0.272. The highest BCUT2D eigenvalue weighted by Gasteiger charge is 2.13. The molecule has 2 N–H and O–H groups in total. The Kier molecular flexibility index (Phi) is 6.38. The number of rotatable bonds is 7. The molecule has 0 bridgehead atoms. The SMILES string of the molecule is CC(NCc1ccc(-c2nc3cc[nH]c(=O)c3cc2-c2ccccc2)cc1)c1ccc(-n2cccn2)cc1. The Morgan fingerprint density at radius 1 is 0.895 bits per heavy atom. The molecule has 6 nitrogen and oxygen atoms in total. The zero-order chi connectivity index (χ0) is 25.9. The van der Waals surface area contributed by atoms with Crippen molar-refractivity contribution in [2.45, 2.75) is 19.5 Å². The smallest absolute Gasteiger partial charge is 0.257 e. The van der Waals surface area contributed by atoms with Gasteiger partial charge in [0.1, 0.15) is 0 Å². The molecule has 3 heterocycles. The first-order valence-corrected chi connectivity index (χ1v) is 12.7. The van der Waals surface area contributed by atoms with Crippen molar-refractivity contribution in [3.05, 3.63) is 137 Å². The molecule has 0 radical (unpaired) electrons. The van der Waals surface area contributed by atoms with Crippen LogP contribution in [0.4, 0.5) is 0 Å². The fourth-order valence-corrected chi connectivity index (χ4v) is 4.67. The minimum absolute atomic E-state index is 0.134. The minimum atomic E-state index is -0.134. The van der Waals surface area contributed by atoms with Gasteiger partial charge in [0.15, 0.2) is 0 Å². The Morgan fingerprint density at radius 2 is 1.68 bits per heavy atom. The fraction of sp³-hybridized carbons (Fsp3) is 0.0938. The van der Waals surface area contributed by atoms with Crippen LogP contribution < -0.4 is 10.9 Å². The molecule has 186 valence electrons. The van der Waals surface area contributed by atoms with Gasteiger partial charge >= 0.3 is 0 Å². The lowest BCUT2D eigenvalue weighted by Crippen LogP contribution is -2.18. The van der Waals surface area contributed by atoms with E-state index in [9.17, 15) is 4.79 Å². The van der Waals surface area contributed by atoms with E-state index in [0.717, 1.165) is 34.6 Å². The summed E-state index contributed by atoms with van der Waals surface area (Å²) >= 11 is 0. The van der Waals surface area contributed by atoms with Crippen molar-refractivity contribution >= 4 is 10.9 Å². The van der Waals surface area contributed by atoms with Gasteiger partial charge in [0, 0.05) is 42.3 Å². The third kappa shape index (κ3) is 4.77. The van der Waals surface area contributed by atoms with Crippen molar-refractivity contribution in [2.24, 2.45) is 0 Å². The van der Waals surface area contributed by atoms with Crippen LogP contribution in [0.1, 0.15) is 24.1 Å². The van der Waals surface area contributed by atoms with Crippen molar-refractivity contribution in [1.82, 2.24) is 25.1 Å². The van der Waals surface area contributed by atoms with E-state index in [4.69, 9.17) is 4.98 Å². The van der Waals surface area contributed by atoms with Gasteiger partial charge < -0.3 is 10.3 Å². The molecule has 1 unspecified atom stereocenters. The summed E-state index contributed by atoms with van der Waals surface area (Å²) in [7, 11) is 0. The van der Waals surface area contributed by atoms with Crippen molar-refractivity contribution in [2.75, 3.05) is 0 Å². The first-order chi connectivity index (χ1) is 18.7. The number of benzene rings is 3. The summed E-state index contributed by atoms with van der Waals surface area (Å²) in [5.74, 6) is 0. The Balaban J connectivity index is 1.22. The highest BCUT2D eigenvalue weighted by atomic mass is 16.1. The van der Waals surface area contributed by atoms with Gasteiger partial charge in [0.05, 0.1) is 22.3 Å². The van der Waals surface area contributed by atoms with Crippen molar-refractivity contribution in [3.63, 3.8) is 0 Å². The van der Waals surface area contributed by atoms with Crippen molar-refractivity contribution in [3.8, 4) is 28.1 Å². The van der Waals surface area contributed by atoms with Crippen molar-refractivity contribution in [1.29, 1.82) is 0 Å². The standard InChI is InChI=1S/C32H27N5O/c1-22(24-12-14-27(15-13-24)37-19-5-17-35-37)34-21-23-8-10-26(11-9-23)31-28(25-6-3-2-4-7-25)20-29-30(36-31)16-18-33-32(29)38/h2-20,22,34H,21H2,1H3,(H,33,38). The topological polar surface area (TPSA) is 75.6 Å². The van der Waals surface area contributed by atoms with Gasteiger partial charge in [-0.05, 0) is 53.9 Å². The molecule has 0 aliphatic heterocycles. The summed E-state index contributed by atoms with van der Waals surface area (Å²) in [6, 6.07) is 32.9. The minimum Gasteiger partial charge on any atom is -0.328 e. The molecule has 6 rings (SSSR count). The molecule has 0 spiro atoms. The summed E-state index contributed by atoms with van der Waals surface area (Å²) in [6.07, 6.45) is 5.36. The third-order valence-corrected chi connectivity index (χ3v) is 6.84. The molecule has 3 aromatic carbocycles. The highest BCUT2D eigenvalue weighted by molar-refractivity contribution is 5.91. The van der Waals surface area contributed by atoms with E-state index in [-0.39, 0.29) is 11.6 Å². The molecule has 0 aliphatic carbocycles. The van der Waals surface area contributed by atoms with Crippen LogP contribution in [-0.4, -0.2) is 19.7 Å². The number of fused-ring (bicyclic) bond motifs is 1. The van der Waals surface area contributed by atoms with Crippen LogP contribution in [0.2, 0.25) is 0 Å². The summed E-state index contributed by atoms with van der Waals surface area (Å²) in [5.41, 5.74) is 7.84. The Bertz CT molecular complexity index is 1720. The number of aromatic amines is 1. The van der Waals surface area contributed by atoms with E-state index < -0.39 is 0 Å². The van der Waals surface area contributed by atoms with Gasteiger partial charge in [-0.15, -0.1) is 0 Å². The van der Waals surface area contributed by atoms with E-state index >= 15 is 0 Å². The maximum absolute atomic E-state index is 12.4. The molecule has 0 saturated heterocycles. The molecular formula is C32H27N5O. The first kappa shape index (κ1) is 23.6. The van der Waals surface area contributed by atoms with Gasteiger partial charge in [0.2, 0.25) is 0 Å². The molecule has 0 amide bonds. The number of hydrogen-bond acceptors (Lipinski definition) is 4. The average Bonchev–Trinajstić information content (AvgIpc) is 3.52. The second-order valence-electron chi connectivity index (χ2n) is 9.33. The number of hydrogen-bond donors (Lipinski definition) is 2. The Labute approximate surface area is 220 Å². The third-order valence-electron chi connectivity index (χ3n) is 6.84. The van der Waals surface area contributed by atoms with Crippen LogP contribution in [0.3, 0.4) is 0 Å². The lowest BCUT2D eigenvalue weighted by molar-refractivity contribution is 0.574. The second kappa shape index (κ2) is 10.3. The fourth-order valence-electron chi connectivity index (χ4n) is 4.67. The highest BCUT2D eigenvalue weighted by Crippen LogP contribution is 2.32. The first-order valence-electron chi connectivity index (χ1n) is 12.7. The largest absolute Gasteiger partial charge is 0.328 e. The predicted molar refractivity (Wildman–Crippen MR) is 152 cm³/mol. The zero-order valence-corrected chi connectivity index (χ0v) is 21.0. The number of pyridine rings is 2. The lowest BCUT2D eigenvalue weighted by Gasteiger charge is -2.16. The molecule has 0 saturated carbocycles. The molecule has 38 heavy (non-hydrogen) atoms. The van der Waals surface area contributed by atoms with E-state index in [1.54, 1.807) is 12.4 Å². The number of nitrogens with one attached hydrogen (secondary N) is 2. The van der Waals surface area contributed by atoms with Gasteiger partial charge in [0.25, 0.3) is 5.56 Å². The van der Waals surface area contributed by atoms with Gasteiger partial charge in [-0.2, -0.15) is 5.10 Å². The van der Waals surface area contributed by atoms with E-state index in [1.807, 2.05) is 59.4 Å². The van der Waals surface area contributed by atoms with E-state index in [1.165, 1.54) is 11.1 Å². The summed E-state index contributed by atoms with van der Waals surface area (Å²) in [5, 5.41) is 8.49. The van der Waals surface area contributed by atoms with Crippen LogP contribution in [0.15, 0.2) is 120 Å². The monoisotopic (exact) mass is 497 g/mol. The molecular weight excluding hydrogens is 470 g/mol. The molecule has 6 aromatic rings. The summed E-state index contributed by atoms with van der Waals surface area (Å²) in [4.78, 5) is 20.1. The van der Waals surface area contributed by atoms with Crippen molar-refractivity contribution < 1.29 is 0 Å². The molecule has 1 atom stereocenters. The Morgan fingerprint density at radius 3 is 2.42 bits per heavy atom. The summed E-state index contributed by atoms with van der Waals surface area (Å²) in [6.45, 7) is 2.92. The van der Waals surface area contributed by atoms with Crippen LogP contribution in [0, 0.1) is 0 Å². The van der Waals surface area contributed by atoms with Crippen LogP contribution >= 0.6 is 0 Å². The van der Waals surface area contributed by atoms with E-state index in [0.29, 0.717) is 10.9 Å². The van der Waals surface area contributed by atoms with Gasteiger partial charge in [-0.3, -0.25) is 4.79 Å². The molecule has 3 aromatic heterocycles. The maximum Gasteiger partial charge on any atom is 0.257 e. The lowest BCUT2D eigenvalue weighted by atomic mass is 9.97. The van der Waals surface area contributed by atoms with Crippen LogP contribution in [-0.2, 0) is 6.54 Å². The molecule has 6 heteroatoms. The average molecular weight is 498 g/mol. The predicted octanol–water partition coefficient (Wildman–Crippen LogP) is 6.29. The van der Waals surface area contributed by atoms with Crippen LogP contribution in [0.25, 0.3) is 39.0 Å². The number of aromatic nitrogens is 4. The summed E-state index contributed by atoms with van der Waals surface area (Å²) < 4.78 is 1.86. The van der Waals surface area contributed by atoms with E-state index in [2.05, 4.69) is 70.9 Å². The van der Waals surface area contributed by atoms with Crippen LogP contribution in [0.5, 0.6) is 0 Å². The normalized spacial score (nSPS) is 12.0.